The van der Waals surface area contributed by atoms with Gasteiger partial charge >= 0.3 is 0 Å². The lowest BCUT2D eigenvalue weighted by Crippen LogP contribution is -2.27. The predicted octanol–water partition coefficient (Wildman–Crippen LogP) is 2.70. The smallest absolute Gasteiger partial charge is 0.130 e. The van der Waals surface area contributed by atoms with Crippen molar-refractivity contribution in [2.24, 2.45) is 5.73 Å². The average Bonchev–Trinajstić information content (AvgIpc) is 2.28. The van der Waals surface area contributed by atoms with Crippen LogP contribution in [-0.4, -0.2) is 13.1 Å². The van der Waals surface area contributed by atoms with Crippen molar-refractivity contribution in [3.05, 3.63) is 29.6 Å². The summed E-state index contributed by atoms with van der Waals surface area (Å²) in [6.07, 6.45) is 6.30. The Morgan fingerprint density at radius 2 is 2.24 bits per heavy atom. The van der Waals surface area contributed by atoms with Gasteiger partial charge in [0.25, 0.3) is 0 Å². The Kier molecular flexibility index (Phi) is 4.99. The van der Waals surface area contributed by atoms with E-state index in [0.717, 1.165) is 18.7 Å². The fraction of sp³-hybridized carbons (Fsp3) is 0.429. The highest BCUT2D eigenvalue weighted by Crippen LogP contribution is 2.27. The van der Waals surface area contributed by atoms with Crippen LogP contribution in [0.4, 0.5) is 10.1 Å². The molecule has 0 bridgehead atoms. The third-order valence-corrected chi connectivity index (χ3v) is 2.60. The first-order chi connectivity index (χ1) is 8.11. The fourth-order valence-electron chi connectivity index (χ4n) is 1.92. The molecule has 3 heteroatoms. The van der Waals surface area contributed by atoms with Gasteiger partial charge in [0.05, 0.1) is 6.54 Å². The van der Waals surface area contributed by atoms with Gasteiger partial charge in [-0.1, -0.05) is 18.9 Å². The van der Waals surface area contributed by atoms with Gasteiger partial charge in [-0.05, 0) is 25.5 Å². The first-order valence-electron chi connectivity index (χ1n) is 5.84. The molecule has 0 aromatic heterocycles. The molecule has 0 saturated carbocycles. The molecule has 1 aromatic rings. The van der Waals surface area contributed by atoms with Crippen LogP contribution in [0.2, 0.25) is 0 Å². The molecule has 0 aliphatic rings. The summed E-state index contributed by atoms with van der Waals surface area (Å²) in [4.78, 5) is 1.99. The Morgan fingerprint density at radius 1 is 1.53 bits per heavy atom. The minimum absolute atomic E-state index is 0.268. The maximum Gasteiger partial charge on any atom is 0.130 e. The molecule has 2 nitrogen and oxygen atoms in total. The van der Waals surface area contributed by atoms with Crippen LogP contribution >= 0.6 is 0 Å². The van der Waals surface area contributed by atoms with E-state index in [9.17, 15) is 4.39 Å². The summed E-state index contributed by atoms with van der Waals surface area (Å²) < 4.78 is 13.8. The molecule has 1 atom stereocenters. The standard InChI is InChI=1S/C14H19FN2/c1-4-9-17(10-5-2)13-8-6-7-12(15)14(13)11(3)16/h1,6-8,11H,5,9-10,16H2,2-3H3/t11-/m1/s1. The maximum atomic E-state index is 13.8. The molecule has 0 radical (unpaired) electrons. The van der Waals surface area contributed by atoms with Crippen molar-refractivity contribution in [2.45, 2.75) is 26.3 Å². The van der Waals surface area contributed by atoms with Crippen LogP contribution in [-0.2, 0) is 0 Å². The van der Waals surface area contributed by atoms with Gasteiger partial charge in [-0.15, -0.1) is 6.42 Å². The summed E-state index contributed by atoms with van der Waals surface area (Å²) in [7, 11) is 0. The lowest BCUT2D eigenvalue weighted by atomic mass is 10.0. The number of benzene rings is 1. The Morgan fingerprint density at radius 3 is 2.76 bits per heavy atom. The molecule has 0 aliphatic carbocycles. The van der Waals surface area contributed by atoms with Crippen LogP contribution in [0.15, 0.2) is 18.2 Å². The van der Waals surface area contributed by atoms with Crippen molar-refractivity contribution in [3.8, 4) is 12.3 Å². The largest absolute Gasteiger partial charge is 0.360 e. The van der Waals surface area contributed by atoms with Crippen LogP contribution < -0.4 is 10.6 Å². The molecule has 0 heterocycles. The Hall–Kier alpha value is -1.53. The monoisotopic (exact) mass is 234 g/mol. The quantitative estimate of drug-likeness (QED) is 0.794. The number of hydrogen-bond donors (Lipinski definition) is 1. The Bertz CT molecular complexity index is 407. The Balaban J connectivity index is 3.18. The molecule has 0 saturated heterocycles. The summed E-state index contributed by atoms with van der Waals surface area (Å²) in [5.74, 6) is 2.33. The molecular formula is C14H19FN2. The summed E-state index contributed by atoms with van der Waals surface area (Å²) in [6.45, 7) is 5.11. The topological polar surface area (TPSA) is 29.3 Å². The van der Waals surface area contributed by atoms with Crippen molar-refractivity contribution >= 4 is 5.69 Å². The number of halogens is 1. The van der Waals surface area contributed by atoms with Crippen molar-refractivity contribution < 1.29 is 4.39 Å². The highest BCUT2D eigenvalue weighted by molar-refractivity contribution is 5.56. The van der Waals surface area contributed by atoms with Crippen molar-refractivity contribution in [1.29, 1.82) is 0 Å². The van der Waals surface area contributed by atoms with E-state index >= 15 is 0 Å². The molecule has 2 N–H and O–H groups in total. The number of anilines is 1. The van der Waals surface area contributed by atoms with Gasteiger partial charge in [0.1, 0.15) is 5.82 Å². The van der Waals surface area contributed by atoms with E-state index in [1.54, 1.807) is 13.0 Å². The second kappa shape index (κ2) is 6.27. The van der Waals surface area contributed by atoms with Crippen LogP contribution in [0, 0.1) is 18.2 Å². The van der Waals surface area contributed by atoms with E-state index in [0.29, 0.717) is 12.1 Å². The fourth-order valence-corrected chi connectivity index (χ4v) is 1.92. The number of nitrogens with two attached hydrogens (primary N) is 1. The molecule has 0 fully saturated rings. The number of terminal acetylenes is 1. The van der Waals surface area contributed by atoms with Gasteiger partial charge in [-0.3, -0.25) is 0 Å². The molecule has 17 heavy (non-hydrogen) atoms. The minimum Gasteiger partial charge on any atom is -0.360 e. The third-order valence-electron chi connectivity index (χ3n) is 2.60. The number of nitrogens with zero attached hydrogens (tertiary/aromatic N) is 1. The maximum absolute atomic E-state index is 13.8. The summed E-state index contributed by atoms with van der Waals surface area (Å²) in [6, 6.07) is 4.65. The first-order valence-corrected chi connectivity index (χ1v) is 5.84. The van der Waals surface area contributed by atoms with E-state index in [4.69, 9.17) is 12.2 Å². The van der Waals surface area contributed by atoms with Crippen LogP contribution in [0.3, 0.4) is 0 Å². The summed E-state index contributed by atoms with van der Waals surface area (Å²) in [5, 5.41) is 0. The van der Waals surface area contributed by atoms with E-state index < -0.39 is 0 Å². The Labute approximate surface area is 103 Å². The highest BCUT2D eigenvalue weighted by Gasteiger charge is 2.16. The second-order valence-corrected chi connectivity index (χ2v) is 4.09. The molecule has 1 rings (SSSR count). The van der Waals surface area contributed by atoms with E-state index in [1.807, 2.05) is 11.0 Å². The van der Waals surface area contributed by atoms with Crippen LogP contribution in [0.25, 0.3) is 0 Å². The van der Waals surface area contributed by atoms with Gasteiger partial charge < -0.3 is 10.6 Å². The average molecular weight is 234 g/mol. The van der Waals surface area contributed by atoms with E-state index in [-0.39, 0.29) is 11.9 Å². The molecular weight excluding hydrogens is 215 g/mol. The lowest BCUT2D eigenvalue weighted by Gasteiger charge is -2.26. The normalized spacial score (nSPS) is 11.9. The third kappa shape index (κ3) is 3.21. The van der Waals surface area contributed by atoms with E-state index in [2.05, 4.69) is 12.8 Å². The van der Waals surface area contributed by atoms with Gasteiger partial charge in [0.15, 0.2) is 0 Å². The zero-order valence-electron chi connectivity index (χ0n) is 10.4. The molecule has 92 valence electrons. The zero-order valence-corrected chi connectivity index (χ0v) is 10.4. The molecule has 0 amide bonds. The molecule has 0 aliphatic heterocycles. The predicted molar refractivity (Wildman–Crippen MR) is 70.3 cm³/mol. The SMILES string of the molecule is C#CCN(CCC)c1cccc(F)c1[C@@H](C)N. The zero-order chi connectivity index (χ0) is 12.8. The van der Waals surface area contributed by atoms with Crippen LogP contribution in [0.1, 0.15) is 31.9 Å². The minimum atomic E-state index is -0.344. The van der Waals surface area contributed by atoms with Crippen molar-refractivity contribution in [2.75, 3.05) is 18.0 Å². The van der Waals surface area contributed by atoms with Gasteiger partial charge in [0, 0.05) is 23.8 Å². The van der Waals surface area contributed by atoms with Gasteiger partial charge in [-0.25, -0.2) is 4.39 Å². The van der Waals surface area contributed by atoms with Crippen LogP contribution in [0.5, 0.6) is 0 Å². The summed E-state index contributed by atoms with van der Waals surface area (Å²) in [5.41, 5.74) is 7.17. The number of hydrogen-bond acceptors (Lipinski definition) is 2. The molecule has 1 aromatic carbocycles. The molecule has 0 spiro atoms. The second-order valence-electron chi connectivity index (χ2n) is 4.09. The number of rotatable bonds is 5. The van der Waals surface area contributed by atoms with Gasteiger partial charge in [-0.2, -0.15) is 0 Å². The van der Waals surface area contributed by atoms with E-state index in [1.165, 1.54) is 6.07 Å². The van der Waals surface area contributed by atoms with Crippen molar-refractivity contribution in [1.82, 2.24) is 0 Å². The van der Waals surface area contributed by atoms with Crippen molar-refractivity contribution in [3.63, 3.8) is 0 Å². The summed E-state index contributed by atoms with van der Waals surface area (Å²) >= 11 is 0. The molecule has 0 unspecified atom stereocenters. The first kappa shape index (κ1) is 13.5. The van der Waals surface area contributed by atoms with Gasteiger partial charge in [0.2, 0.25) is 0 Å². The highest BCUT2D eigenvalue weighted by atomic mass is 19.1. The lowest BCUT2D eigenvalue weighted by molar-refractivity contribution is 0.592.